The van der Waals surface area contributed by atoms with Gasteiger partial charge in [0.15, 0.2) is 34.9 Å². The molecule has 8 N–H and O–H groups in total. The van der Waals surface area contributed by atoms with Gasteiger partial charge in [0.25, 0.3) is 0 Å². The van der Waals surface area contributed by atoms with Crippen LogP contribution in [0.5, 0.6) is 57.5 Å². The van der Waals surface area contributed by atoms with Crippen molar-refractivity contribution < 1.29 is 78.7 Å². The molecule has 0 spiro atoms. The van der Waals surface area contributed by atoms with Gasteiger partial charge in [-0.25, -0.2) is 29.9 Å². The van der Waals surface area contributed by atoms with E-state index >= 15 is 0 Å². The van der Waals surface area contributed by atoms with Crippen LogP contribution in [0.4, 0.5) is 0 Å². The Bertz CT molecular complexity index is 4000. The second-order valence-corrected chi connectivity index (χ2v) is 22.3. The summed E-state index contributed by atoms with van der Waals surface area (Å²) in [6.07, 6.45) is 5.00. The van der Waals surface area contributed by atoms with Gasteiger partial charge in [0.05, 0.1) is 62.9 Å². The number of epoxide rings is 1. The lowest BCUT2D eigenvalue weighted by atomic mass is 10.0. The molecule has 22 heteroatoms. The molecule has 3 unspecified atom stereocenters. The second kappa shape index (κ2) is 34.3. The predicted molar refractivity (Wildman–Crippen MR) is 360 cm³/mol. The Balaban J connectivity index is 0.000000209. The molecule has 2 aromatic heterocycles. The van der Waals surface area contributed by atoms with Crippen molar-refractivity contribution in [2.75, 3.05) is 73.7 Å². The fourth-order valence-electron chi connectivity index (χ4n) is 9.80. The number of phenolic OH excluding ortho intramolecular Hbond substituents is 6. The summed E-state index contributed by atoms with van der Waals surface area (Å²) in [4.78, 5) is 27.9. The van der Waals surface area contributed by atoms with Crippen LogP contribution in [0.1, 0.15) is 59.3 Å². The molecule has 10 aromatic rings. The number of unbranched alkanes of at least 4 members (excludes halogenated alkanes) is 3. The van der Waals surface area contributed by atoms with Crippen molar-refractivity contribution in [3.8, 4) is 126 Å². The topological polar surface area (TPSA) is 316 Å². The lowest BCUT2D eigenvalue weighted by Crippen LogP contribution is -2.23. The summed E-state index contributed by atoms with van der Waals surface area (Å²) in [7, 11) is 3.21. The summed E-state index contributed by atoms with van der Waals surface area (Å²) >= 11 is 0. The van der Waals surface area contributed by atoms with Crippen LogP contribution in [0.2, 0.25) is 0 Å². The molecule has 8 aromatic carbocycles. The van der Waals surface area contributed by atoms with E-state index in [-0.39, 0.29) is 95.3 Å². The number of fused-ring (bicyclic) bond motifs is 2. The number of aliphatic hydroxyl groups excluding tert-OH is 2. The molecule has 0 saturated carbocycles. The Morgan fingerprint density at radius 1 is 0.400 bits per heavy atom. The van der Waals surface area contributed by atoms with Crippen molar-refractivity contribution in [1.82, 2.24) is 29.9 Å². The van der Waals surface area contributed by atoms with Crippen LogP contribution in [0.15, 0.2) is 146 Å². The third-order valence-electron chi connectivity index (χ3n) is 15.0. The van der Waals surface area contributed by atoms with Gasteiger partial charge in [0.2, 0.25) is 0 Å². The highest BCUT2D eigenvalue weighted by molar-refractivity contribution is 6.00. The molecule has 0 amide bonds. The molecule has 0 bridgehead atoms. The molecule has 3 atom stereocenters. The standard InChI is InChI=1S/C40H47N3O9.C26H19N3O5.C7H14O2/c1-4-6-18-49-22-26(44)24-51-28-12-14-33(35(46)20-28)39-41-38(32-16-17-37(48-3)31-11-9-8-10-30(31)32)42-40(43-39)34-15-13-29(21-36(34)47)52-25-27(45)23-50-19-7-5-2;1-34-23-11-10-18(16-4-2-3-5-17(16)23)24-27-25(19-8-6-14(30)12-21(19)32)29-26(28-24)20-9-7-15(31)13-22(20)33;1-2-3-4-8-5-7-6-9-7/h8-17,20-21,26-27,44-47H,4-7,18-19,22-25H2,1-3H3;2-13,30-33H,1H3;7H,2-6H2,1H3. The highest BCUT2D eigenvalue weighted by atomic mass is 16.6. The number of aromatic hydroxyl groups is 6. The van der Waals surface area contributed by atoms with Gasteiger partial charge in [0, 0.05) is 66.0 Å². The van der Waals surface area contributed by atoms with Crippen LogP contribution < -0.4 is 18.9 Å². The smallest absolute Gasteiger partial charge is 0.167 e. The normalized spacial score (nSPS) is 13.1. The average molecular weight is 1300 g/mol. The first kappa shape index (κ1) is 69.4. The quantitative estimate of drug-likeness (QED) is 0.0159. The molecule has 0 aliphatic carbocycles. The largest absolute Gasteiger partial charge is 0.508 e. The maximum Gasteiger partial charge on any atom is 0.167 e. The van der Waals surface area contributed by atoms with Crippen molar-refractivity contribution in [2.24, 2.45) is 0 Å². The van der Waals surface area contributed by atoms with Crippen LogP contribution >= 0.6 is 0 Å². The lowest BCUT2D eigenvalue weighted by Gasteiger charge is -2.15. The number of hydrogen-bond donors (Lipinski definition) is 8. The number of aliphatic hydroxyl groups is 2. The monoisotopic (exact) mass is 1300 g/mol. The zero-order chi connectivity index (χ0) is 67.2. The number of nitrogens with zero attached hydrogens (tertiary/aromatic N) is 6. The minimum absolute atomic E-state index is 0.0137. The van der Waals surface area contributed by atoms with Gasteiger partial charge in [-0.2, -0.15) is 0 Å². The van der Waals surface area contributed by atoms with Gasteiger partial charge >= 0.3 is 0 Å². The molecular weight excluding hydrogens is 1220 g/mol. The Labute approximate surface area is 550 Å². The van der Waals surface area contributed by atoms with Crippen LogP contribution in [0.3, 0.4) is 0 Å². The number of rotatable bonds is 29. The van der Waals surface area contributed by atoms with Crippen LogP contribution in [0, 0.1) is 0 Å². The Morgan fingerprint density at radius 3 is 1.06 bits per heavy atom. The van der Waals surface area contributed by atoms with Gasteiger partial charge in [0.1, 0.15) is 89.0 Å². The van der Waals surface area contributed by atoms with Gasteiger partial charge in [-0.15, -0.1) is 0 Å². The highest BCUT2D eigenvalue weighted by Gasteiger charge is 2.24. The maximum absolute atomic E-state index is 11.2. The summed E-state index contributed by atoms with van der Waals surface area (Å²) < 4.78 is 43.7. The number of aromatic nitrogens is 6. The number of benzene rings is 8. The van der Waals surface area contributed by atoms with Crippen molar-refractivity contribution in [1.29, 1.82) is 0 Å². The zero-order valence-electron chi connectivity index (χ0n) is 53.7. The first-order valence-corrected chi connectivity index (χ1v) is 31.5. The molecule has 22 nitrogen and oxygen atoms in total. The van der Waals surface area contributed by atoms with Gasteiger partial charge in [-0.1, -0.05) is 88.6 Å². The summed E-state index contributed by atoms with van der Waals surface area (Å²) in [5.41, 5.74) is 2.53. The summed E-state index contributed by atoms with van der Waals surface area (Å²) in [6.45, 7) is 10.3. The molecule has 11 rings (SSSR count). The molecule has 1 fully saturated rings. The molecule has 3 heterocycles. The molecule has 498 valence electrons. The Hall–Kier alpha value is -9.94. The van der Waals surface area contributed by atoms with E-state index < -0.39 is 12.2 Å². The number of ether oxygens (including phenoxy) is 8. The lowest BCUT2D eigenvalue weighted by molar-refractivity contribution is 0.0113. The second-order valence-electron chi connectivity index (χ2n) is 22.3. The SMILES string of the molecule is CCCCOCC(O)COc1ccc(-c2nc(-c3ccc(OCC(O)COCCCC)cc3O)nc(-c3ccc(OC)c4ccccc34)n2)c(O)c1.CCCCOCC1CO1.COc1ccc(-c2nc(-c3ccc(O)cc3O)nc(-c3ccc(O)cc3O)n2)c2ccccc12. The molecular formula is C73H80N6O16. The van der Waals surface area contributed by atoms with E-state index in [1.165, 1.54) is 61.4 Å². The summed E-state index contributed by atoms with van der Waals surface area (Å²) in [6, 6.07) is 40.3. The third-order valence-corrected chi connectivity index (χ3v) is 15.0. The van der Waals surface area contributed by atoms with Crippen LogP contribution in [-0.4, -0.2) is 163 Å². The van der Waals surface area contributed by atoms with E-state index in [4.69, 9.17) is 47.9 Å². The Kier molecular flexibility index (Phi) is 25.0. The first-order chi connectivity index (χ1) is 46.2. The van der Waals surface area contributed by atoms with Crippen molar-refractivity contribution in [3.63, 3.8) is 0 Å². The fourth-order valence-corrected chi connectivity index (χ4v) is 9.80. The van der Waals surface area contributed by atoms with E-state index in [0.29, 0.717) is 76.2 Å². The van der Waals surface area contributed by atoms with Gasteiger partial charge in [-0.3, -0.25) is 0 Å². The van der Waals surface area contributed by atoms with E-state index in [0.717, 1.165) is 67.0 Å². The van der Waals surface area contributed by atoms with Crippen molar-refractivity contribution >= 4 is 21.5 Å². The number of methoxy groups -OCH3 is 2. The predicted octanol–water partition coefficient (Wildman–Crippen LogP) is 12.6. The maximum atomic E-state index is 11.2. The average Bonchev–Trinajstić information content (AvgIpc) is 1.57. The van der Waals surface area contributed by atoms with Crippen LogP contribution in [-0.2, 0) is 18.9 Å². The molecule has 1 saturated heterocycles. The molecule has 1 aliphatic heterocycles. The van der Waals surface area contributed by atoms with Crippen molar-refractivity contribution in [3.05, 3.63) is 146 Å². The Morgan fingerprint density at radius 2 is 0.726 bits per heavy atom. The van der Waals surface area contributed by atoms with E-state index in [1.807, 2.05) is 72.8 Å². The summed E-state index contributed by atoms with van der Waals surface area (Å²) in [5.74, 6) is 2.33. The first-order valence-electron chi connectivity index (χ1n) is 31.5. The van der Waals surface area contributed by atoms with Crippen LogP contribution in [0.25, 0.3) is 89.9 Å². The van der Waals surface area contributed by atoms with E-state index in [2.05, 4.69) is 40.7 Å². The van der Waals surface area contributed by atoms with Gasteiger partial charge in [-0.05, 0) is 103 Å². The third kappa shape index (κ3) is 18.9. The van der Waals surface area contributed by atoms with Crippen molar-refractivity contribution in [2.45, 2.75) is 77.6 Å². The highest BCUT2D eigenvalue weighted by Crippen LogP contribution is 2.41. The minimum Gasteiger partial charge on any atom is -0.508 e. The fraction of sp³-hybridized carbons (Fsp3) is 0.315. The molecule has 95 heavy (non-hydrogen) atoms. The minimum atomic E-state index is -0.828. The summed E-state index contributed by atoms with van der Waals surface area (Å²) in [5, 5.41) is 86.5. The molecule has 1 aliphatic rings. The molecule has 0 radical (unpaired) electrons. The van der Waals surface area contributed by atoms with E-state index in [1.54, 1.807) is 38.5 Å². The zero-order valence-corrected chi connectivity index (χ0v) is 53.7. The number of phenols is 6. The van der Waals surface area contributed by atoms with Gasteiger partial charge < -0.3 is 78.7 Å². The van der Waals surface area contributed by atoms with E-state index in [9.17, 15) is 40.9 Å². The number of hydrogen-bond acceptors (Lipinski definition) is 22.